The summed E-state index contributed by atoms with van der Waals surface area (Å²) in [5, 5.41) is 12.9. The van der Waals surface area contributed by atoms with E-state index in [1.54, 1.807) is 12.1 Å². The monoisotopic (exact) mass is 288 g/mol. The number of nitrogens with one attached hydrogen (secondary N) is 1. The van der Waals surface area contributed by atoms with Gasteiger partial charge in [-0.3, -0.25) is 0 Å². The first-order valence-corrected chi connectivity index (χ1v) is 6.09. The second kappa shape index (κ2) is 6.38. The highest BCUT2D eigenvalue weighted by Crippen LogP contribution is 2.33. The van der Waals surface area contributed by atoms with Gasteiger partial charge in [0.2, 0.25) is 0 Å². The van der Waals surface area contributed by atoms with Crippen LogP contribution >= 0.6 is 24.0 Å². The number of benzene rings is 1. The normalized spacial score (nSPS) is 17.6. The molecule has 0 amide bonds. The van der Waals surface area contributed by atoms with Crippen molar-refractivity contribution in [2.75, 3.05) is 13.1 Å². The lowest BCUT2D eigenvalue weighted by atomic mass is 9.75. The van der Waals surface area contributed by atoms with Crippen molar-refractivity contribution >= 4 is 24.0 Å². The zero-order valence-corrected chi connectivity index (χ0v) is 11.5. The molecule has 0 aliphatic carbocycles. The van der Waals surface area contributed by atoms with E-state index in [1.165, 1.54) is 6.07 Å². The van der Waals surface area contributed by atoms with Crippen LogP contribution in [0.4, 0.5) is 4.39 Å². The fourth-order valence-electron chi connectivity index (χ4n) is 2.26. The summed E-state index contributed by atoms with van der Waals surface area (Å²) in [7, 11) is 0. The zero-order chi connectivity index (χ0) is 12.3. The highest BCUT2D eigenvalue weighted by atomic mass is 35.5. The van der Waals surface area contributed by atoms with Gasteiger partial charge in [-0.1, -0.05) is 17.7 Å². The van der Waals surface area contributed by atoms with E-state index in [9.17, 15) is 9.65 Å². The van der Waals surface area contributed by atoms with Crippen LogP contribution in [0, 0.1) is 22.6 Å². The molecule has 98 valence electrons. The SMILES string of the molecule is Cl.N#CC1(Cc2ccc(Cl)cc2F)CCNCC1. The van der Waals surface area contributed by atoms with Crippen LogP contribution in [0.5, 0.6) is 0 Å². The molecule has 0 aromatic heterocycles. The number of hydrogen-bond donors (Lipinski definition) is 1. The Balaban J connectivity index is 0.00000162. The van der Waals surface area contributed by atoms with Crippen LogP contribution < -0.4 is 5.32 Å². The maximum absolute atomic E-state index is 13.7. The van der Waals surface area contributed by atoms with Crippen molar-refractivity contribution in [1.82, 2.24) is 5.32 Å². The Kier molecular flexibility index (Phi) is 5.40. The molecule has 5 heteroatoms. The molecule has 1 aliphatic heterocycles. The Morgan fingerprint density at radius 3 is 2.61 bits per heavy atom. The molecule has 2 nitrogen and oxygen atoms in total. The number of halogens is 3. The first-order valence-electron chi connectivity index (χ1n) is 5.71. The van der Waals surface area contributed by atoms with Crippen LogP contribution in [0.3, 0.4) is 0 Å². The van der Waals surface area contributed by atoms with Crippen molar-refractivity contribution in [2.45, 2.75) is 19.3 Å². The molecular weight excluding hydrogens is 274 g/mol. The minimum absolute atomic E-state index is 0. The average molecular weight is 289 g/mol. The highest BCUT2D eigenvalue weighted by molar-refractivity contribution is 6.30. The molecular formula is C13H15Cl2FN2. The van der Waals surface area contributed by atoms with Gasteiger partial charge in [-0.05, 0) is 50.0 Å². The Labute approximate surface area is 118 Å². The summed E-state index contributed by atoms with van der Waals surface area (Å²) in [5.41, 5.74) is 0.151. The maximum atomic E-state index is 13.7. The van der Waals surface area contributed by atoms with E-state index in [1.807, 2.05) is 0 Å². The van der Waals surface area contributed by atoms with Crippen molar-refractivity contribution < 1.29 is 4.39 Å². The lowest BCUT2D eigenvalue weighted by Crippen LogP contribution is -2.37. The number of nitrogens with zero attached hydrogens (tertiary/aromatic N) is 1. The van der Waals surface area contributed by atoms with Crippen molar-refractivity contribution in [3.05, 3.63) is 34.6 Å². The Hall–Kier alpha value is -0.820. The van der Waals surface area contributed by atoms with Crippen molar-refractivity contribution in [3.63, 3.8) is 0 Å². The van der Waals surface area contributed by atoms with Crippen LogP contribution in [0.25, 0.3) is 0 Å². The molecule has 1 aromatic rings. The third kappa shape index (κ3) is 3.35. The first kappa shape index (κ1) is 15.2. The second-order valence-electron chi connectivity index (χ2n) is 4.55. The second-order valence-corrected chi connectivity index (χ2v) is 4.99. The molecule has 1 saturated heterocycles. The van der Waals surface area contributed by atoms with Gasteiger partial charge < -0.3 is 5.32 Å². The third-order valence-corrected chi connectivity index (χ3v) is 3.58. The molecule has 1 aliphatic rings. The van der Waals surface area contributed by atoms with Crippen LogP contribution in [0.2, 0.25) is 5.02 Å². The number of hydrogen-bond acceptors (Lipinski definition) is 2. The minimum atomic E-state index is -0.431. The zero-order valence-electron chi connectivity index (χ0n) is 9.88. The molecule has 0 unspecified atom stereocenters. The van der Waals surface area contributed by atoms with E-state index < -0.39 is 5.41 Å². The van der Waals surface area contributed by atoms with Crippen molar-refractivity contribution in [3.8, 4) is 6.07 Å². The summed E-state index contributed by atoms with van der Waals surface area (Å²) < 4.78 is 13.7. The van der Waals surface area contributed by atoms with E-state index in [4.69, 9.17) is 11.6 Å². The lowest BCUT2D eigenvalue weighted by molar-refractivity contribution is 0.277. The fraction of sp³-hybridized carbons (Fsp3) is 0.462. The largest absolute Gasteiger partial charge is 0.317 e. The quantitative estimate of drug-likeness (QED) is 0.906. The van der Waals surface area contributed by atoms with E-state index >= 15 is 0 Å². The van der Waals surface area contributed by atoms with E-state index in [0.717, 1.165) is 25.9 Å². The molecule has 0 spiro atoms. The smallest absolute Gasteiger partial charge is 0.127 e. The summed E-state index contributed by atoms with van der Waals surface area (Å²) >= 11 is 5.71. The van der Waals surface area contributed by atoms with Gasteiger partial charge in [-0.2, -0.15) is 5.26 Å². The molecule has 1 aromatic carbocycles. The summed E-state index contributed by atoms with van der Waals surface area (Å²) in [5.74, 6) is -0.314. The molecule has 0 bridgehead atoms. The predicted octanol–water partition coefficient (Wildman–Crippen LogP) is 3.34. The van der Waals surface area contributed by atoms with Crippen LogP contribution in [0.15, 0.2) is 18.2 Å². The molecule has 0 saturated carbocycles. The maximum Gasteiger partial charge on any atom is 0.127 e. The van der Waals surface area contributed by atoms with Gasteiger partial charge in [0.25, 0.3) is 0 Å². The van der Waals surface area contributed by atoms with Crippen molar-refractivity contribution in [1.29, 1.82) is 5.26 Å². The van der Waals surface area contributed by atoms with Crippen LogP contribution in [-0.4, -0.2) is 13.1 Å². The molecule has 0 atom stereocenters. The van der Waals surface area contributed by atoms with Gasteiger partial charge in [-0.25, -0.2) is 4.39 Å². The molecule has 1 heterocycles. The summed E-state index contributed by atoms with van der Waals surface area (Å²) in [6, 6.07) is 7.03. The van der Waals surface area contributed by atoms with Gasteiger partial charge >= 0.3 is 0 Å². The predicted molar refractivity (Wildman–Crippen MR) is 72.5 cm³/mol. The number of rotatable bonds is 2. The Morgan fingerprint density at radius 2 is 2.06 bits per heavy atom. The van der Waals surface area contributed by atoms with Gasteiger partial charge in [0.05, 0.1) is 11.5 Å². The van der Waals surface area contributed by atoms with E-state index in [-0.39, 0.29) is 18.2 Å². The van der Waals surface area contributed by atoms with Gasteiger partial charge in [0.15, 0.2) is 0 Å². The first-order chi connectivity index (χ1) is 8.15. The summed E-state index contributed by atoms with van der Waals surface area (Å²) in [6.07, 6.45) is 2.01. The summed E-state index contributed by atoms with van der Waals surface area (Å²) in [4.78, 5) is 0. The van der Waals surface area contributed by atoms with Gasteiger partial charge in [0, 0.05) is 5.02 Å². The Morgan fingerprint density at radius 1 is 1.39 bits per heavy atom. The Bertz CT molecular complexity index is 451. The number of piperidine rings is 1. The highest BCUT2D eigenvalue weighted by Gasteiger charge is 2.32. The van der Waals surface area contributed by atoms with E-state index in [0.29, 0.717) is 17.0 Å². The number of nitriles is 1. The third-order valence-electron chi connectivity index (χ3n) is 3.34. The van der Waals surface area contributed by atoms with Gasteiger partial charge in [-0.15, -0.1) is 12.4 Å². The minimum Gasteiger partial charge on any atom is -0.317 e. The topological polar surface area (TPSA) is 35.8 Å². The molecule has 18 heavy (non-hydrogen) atoms. The molecule has 2 rings (SSSR count). The molecule has 1 N–H and O–H groups in total. The fourth-order valence-corrected chi connectivity index (χ4v) is 2.42. The van der Waals surface area contributed by atoms with Crippen LogP contribution in [-0.2, 0) is 6.42 Å². The van der Waals surface area contributed by atoms with Gasteiger partial charge in [0.1, 0.15) is 5.82 Å². The van der Waals surface area contributed by atoms with Crippen LogP contribution in [0.1, 0.15) is 18.4 Å². The lowest BCUT2D eigenvalue weighted by Gasteiger charge is -2.31. The van der Waals surface area contributed by atoms with E-state index in [2.05, 4.69) is 11.4 Å². The van der Waals surface area contributed by atoms with Crippen molar-refractivity contribution in [2.24, 2.45) is 5.41 Å². The standard InChI is InChI=1S/C13H14ClFN2.ClH/c14-11-2-1-10(12(15)7-11)8-13(9-16)3-5-17-6-4-13;/h1-2,7,17H,3-6,8H2;1H. The molecule has 1 fully saturated rings. The molecule has 0 radical (unpaired) electrons. The summed E-state index contributed by atoms with van der Waals surface area (Å²) in [6.45, 7) is 1.64. The average Bonchev–Trinajstić information content (AvgIpc) is 2.34.